The molecule has 0 spiro atoms. The molecule has 0 atom stereocenters. The van der Waals surface area contributed by atoms with Crippen molar-refractivity contribution < 1.29 is 0 Å². The topological polar surface area (TPSA) is 0 Å². The minimum absolute atomic E-state index is 0.0789. The number of hydrogen-bond acceptors (Lipinski definition) is 2. The maximum Gasteiger partial charge on any atom is 0.166 e. The Balaban J connectivity index is 1.58. The fourth-order valence-corrected chi connectivity index (χ4v) is 6.76. The normalized spacial score (nSPS) is 10.9. The van der Waals surface area contributed by atoms with Gasteiger partial charge in [0.2, 0.25) is 0 Å². The maximum atomic E-state index is 2.27. The smallest absolute Gasteiger partial charge is 0.0622 e. The highest BCUT2D eigenvalue weighted by molar-refractivity contribution is 8.76. The molecule has 0 amide bonds. The molecular formula is C24H19S3+. The molecule has 4 rings (SSSR count). The second-order valence-corrected chi connectivity index (χ2v) is 10.2. The molecule has 0 N–H and O–H groups in total. The van der Waals surface area contributed by atoms with Gasteiger partial charge in [0.05, 0.1) is 10.9 Å². The largest absolute Gasteiger partial charge is 0.166 e. The van der Waals surface area contributed by atoms with Crippen molar-refractivity contribution in [2.75, 3.05) is 0 Å². The molecule has 0 nitrogen and oxygen atoms in total. The van der Waals surface area contributed by atoms with Crippen molar-refractivity contribution in [3.8, 4) is 0 Å². The number of benzene rings is 4. The summed E-state index contributed by atoms with van der Waals surface area (Å²) in [5, 5.41) is 0. The zero-order valence-corrected chi connectivity index (χ0v) is 17.1. The van der Waals surface area contributed by atoms with Gasteiger partial charge in [0, 0.05) is 9.79 Å². The summed E-state index contributed by atoms with van der Waals surface area (Å²) in [7, 11) is 3.53. The lowest BCUT2D eigenvalue weighted by Gasteiger charge is -2.08. The number of hydrogen-bond donors (Lipinski definition) is 0. The molecule has 0 aromatic heterocycles. The number of rotatable bonds is 6. The lowest BCUT2D eigenvalue weighted by molar-refractivity contribution is 1.29. The van der Waals surface area contributed by atoms with Crippen LogP contribution >= 0.6 is 21.6 Å². The molecule has 0 fully saturated rings. The standard InChI is InChI=1S/C24H19S3/c1-4-10-20(11-5-1)25-26-21-16-18-24(19-17-21)27(22-12-6-2-7-13-22)23-14-8-3-9-15-23/h1-19H/q+1. The molecule has 4 aromatic carbocycles. The molecule has 0 aliphatic heterocycles. The van der Waals surface area contributed by atoms with Gasteiger partial charge < -0.3 is 0 Å². The molecule has 0 heterocycles. The Morgan fingerprint density at radius 1 is 0.370 bits per heavy atom. The molecule has 3 heteroatoms. The zero-order valence-electron chi connectivity index (χ0n) is 14.7. The van der Waals surface area contributed by atoms with Crippen LogP contribution in [0.4, 0.5) is 0 Å². The first-order valence-electron chi connectivity index (χ1n) is 8.74. The fraction of sp³-hybridized carbons (Fsp3) is 0. The van der Waals surface area contributed by atoms with E-state index in [-0.39, 0.29) is 10.9 Å². The van der Waals surface area contributed by atoms with E-state index in [4.69, 9.17) is 0 Å². The molecule has 0 aliphatic rings. The SMILES string of the molecule is c1ccc(SSc2ccc([S+](c3ccccc3)c3ccccc3)cc2)cc1. The van der Waals surface area contributed by atoms with Gasteiger partial charge in [0.1, 0.15) is 0 Å². The first-order valence-corrected chi connectivity index (χ1v) is 12.1. The first-order chi connectivity index (χ1) is 13.4. The third kappa shape index (κ3) is 4.81. The highest BCUT2D eigenvalue weighted by Gasteiger charge is 2.27. The molecule has 0 radical (unpaired) electrons. The summed E-state index contributed by atoms with van der Waals surface area (Å²) >= 11 is 0. The zero-order chi connectivity index (χ0) is 18.3. The second kappa shape index (κ2) is 9.23. The van der Waals surface area contributed by atoms with Gasteiger partial charge in [-0.05, 0) is 60.7 Å². The van der Waals surface area contributed by atoms with Gasteiger partial charge in [-0.1, -0.05) is 76.2 Å². The van der Waals surface area contributed by atoms with Gasteiger partial charge >= 0.3 is 0 Å². The van der Waals surface area contributed by atoms with E-state index in [9.17, 15) is 0 Å². The summed E-state index contributed by atoms with van der Waals surface area (Å²) in [4.78, 5) is 6.60. The van der Waals surface area contributed by atoms with E-state index in [2.05, 4.69) is 115 Å². The van der Waals surface area contributed by atoms with Gasteiger partial charge in [-0.2, -0.15) is 0 Å². The Morgan fingerprint density at radius 3 is 1.22 bits per heavy atom. The van der Waals surface area contributed by atoms with Gasteiger partial charge in [-0.3, -0.25) is 0 Å². The molecule has 0 saturated carbocycles. The average molecular weight is 404 g/mol. The fourth-order valence-electron chi connectivity index (χ4n) is 2.72. The highest BCUT2D eigenvalue weighted by Crippen LogP contribution is 2.38. The third-order valence-electron chi connectivity index (χ3n) is 3.99. The summed E-state index contributed by atoms with van der Waals surface area (Å²) in [5.74, 6) is 0. The van der Waals surface area contributed by atoms with Crippen molar-refractivity contribution in [3.05, 3.63) is 115 Å². The summed E-state index contributed by atoms with van der Waals surface area (Å²) in [6.45, 7) is 0. The molecule has 0 bridgehead atoms. The highest BCUT2D eigenvalue weighted by atomic mass is 33.1. The van der Waals surface area contributed by atoms with Crippen molar-refractivity contribution in [2.45, 2.75) is 24.5 Å². The summed E-state index contributed by atoms with van der Waals surface area (Å²) in [5.41, 5.74) is 0. The minimum Gasteiger partial charge on any atom is -0.0622 e. The minimum atomic E-state index is -0.0789. The predicted octanol–water partition coefficient (Wildman–Crippen LogP) is 7.58. The van der Waals surface area contributed by atoms with E-state index in [1.807, 2.05) is 0 Å². The van der Waals surface area contributed by atoms with Crippen LogP contribution in [0, 0.1) is 0 Å². The van der Waals surface area contributed by atoms with Crippen LogP contribution in [0.2, 0.25) is 0 Å². The summed E-state index contributed by atoms with van der Waals surface area (Å²) in [6, 6.07) is 41.1. The summed E-state index contributed by atoms with van der Waals surface area (Å²) in [6.07, 6.45) is 0. The van der Waals surface area contributed by atoms with Crippen molar-refractivity contribution >= 4 is 32.5 Å². The average Bonchev–Trinajstić information content (AvgIpc) is 2.76. The van der Waals surface area contributed by atoms with Crippen molar-refractivity contribution in [1.82, 2.24) is 0 Å². The predicted molar refractivity (Wildman–Crippen MR) is 120 cm³/mol. The van der Waals surface area contributed by atoms with Crippen LogP contribution in [-0.2, 0) is 10.9 Å². The van der Waals surface area contributed by atoms with Crippen LogP contribution < -0.4 is 0 Å². The van der Waals surface area contributed by atoms with Crippen LogP contribution in [0.15, 0.2) is 140 Å². The summed E-state index contributed by atoms with van der Waals surface area (Å²) < 4.78 is 0. The second-order valence-electron chi connectivity index (χ2n) is 5.88. The molecule has 0 aliphatic carbocycles. The van der Waals surface area contributed by atoms with Crippen LogP contribution in [0.5, 0.6) is 0 Å². The van der Waals surface area contributed by atoms with E-state index in [1.165, 1.54) is 24.5 Å². The molecule has 4 aromatic rings. The van der Waals surface area contributed by atoms with E-state index < -0.39 is 0 Å². The maximum absolute atomic E-state index is 2.27. The van der Waals surface area contributed by atoms with E-state index >= 15 is 0 Å². The Morgan fingerprint density at radius 2 is 0.741 bits per heavy atom. The third-order valence-corrected chi connectivity index (χ3v) is 8.64. The van der Waals surface area contributed by atoms with Gasteiger partial charge in [-0.15, -0.1) is 0 Å². The lowest BCUT2D eigenvalue weighted by Crippen LogP contribution is -2.04. The Hall–Kier alpha value is -2.07. The first kappa shape index (κ1) is 18.3. The Bertz CT molecular complexity index is 913. The van der Waals surface area contributed by atoms with E-state index in [0.717, 1.165) is 0 Å². The van der Waals surface area contributed by atoms with Gasteiger partial charge in [-0.25, -0.2) is 0 Å². The molecule has 27 heavy (non-hydrogen) atoms. The van der Waals surface area contributed by atoms with Crippen molar-refractivity contribution in [3.63, 3.8) is 0 Å². The van der Waals surface area contributed by atoms with Crippen LogP contribution in [0.1, 0.15) is 0 Å². The molecule has 0 unspecified atom stereocenters. The lowest BCUT2D eigenvalue weighted by atomic mass is 10.4. The molecule has 132 valence electrons. The van der Waals surface area contributed by atoms with Crippen molar-refractivity contribution in [1.29, 1.82) is 0 Å². The van der Waals surface area contributed by atoms with Crippen LogP contribution in [0.3, 0.4) is 0 Å². The van der Waals surface area contributed by atoms with Crippen LogP contribution in [0.25, 0.3) is 0 Å². The van der Waals surface area contributed by atoms with Crippen LogP contribution in [-0.4, -0.2) is 0 Å². The Kier molecular flexibility index (Phi) is 6.25. The van der Waals surface area contributed by atoms with E-state index in [1.54, 1.807) is 21.6 Å². The van der Waals surface area contributed by atoms with E-state index in [0.29, 0.717) is 0 Å². The quantitative estimate of drug-likeness (QED) is 0.240. The monoisotopic (exact) mass is 403 g/mol. The van der Waals surface area contributed by atoms with Crippen molar-refractivity contribution in [2.24, 2.45) is 0 Å². The molecule has 0 saturated heterocycles. The van der Waals surface area contributed by atoms with Gasteiger partial charge in [0.15, 0.2) is 14.7 Å². The van der Waals surface area contributed by atoms with Gasteiger partial charge in [0.25, 0.3) is 0 Å². The molecular weight excluding hydrogens is 384 g/mol. The Labute approximate surface area is 171 Å².